The van der Waals surface area contributed by atoms with Crippen molar-refractivity contribution in [3.63, 3.8) is 0 Å². The molecular formula is C26H34N2O4. The molecule has 6 nitrogen and oxygen atoms in total. The summed E-state index contributed by atoms with van der Waals surface area (Å²) in [5.41, 5.74) is 2.79. The van der Waals surface area contributed by atoms with E-state index in [4.69, 9.17) is 9.47 Å². The van der Waals surface area contributed by atoms with E-state index in [1.54, 1.807) is 29.0 Å². The highest BCUT2D eigenvalue weighted by Crippen LogP contribution is 2.32. The van der Waals surface area contributed by atoms with Crippen LogP contribution in [0.15, 0.2) is 42.5 Å². The van der Waals surface area contributed by atoms with Gasteiger partial charge in [-0.2, -0.15) is 0 Å². The summed E-state index contributed by atoms with van der Waals surface area (Å²) in [4.78, 5) is 29.4. The van der Waals surface area contributed by atoms with E-state index in [1.807, 2.05) is 24.3 Å². The molecule has 32 heavy (non-hydrogen) atoms. The average Bonchev–Trinajstić information content (AvgIpc) is 3.03. The number of carbonyl (C=O) groups is 2. The van der Waals surface area contributed by atoms with Gasteiger partial charge in [-0.15, -0.1) is 0 Å². The quantitative estimate of drug-likeness (QED) is 0.707. The number of ether oxygens (including phenoxy) is 2. The summed E-state index contributed by atoms with van der Waals surface area (Å²) in [5, 5.41) is 0. The zero-order valence-electron chi connectivity index (χ0n) is 19.8. The van der Waals surface area contributed by atoms with Gasteiger partial charge in [0.05, 0.1) is 7.11 Å². The molecule has 0 radical (unpaired) electrons. The monoisotopic (exact) mass is 438 g/mol. The van der Waals surface area contributed by atoms with Crippen molar-refractivity contribution in [3.8, 4) is 11.5 Å². The van der Waals surface area contributed by atoms with Crippen LogP contribution in [0.25, 0.3) is 0 Å². The normalized spacial score (nSPS) is 14.7. The number of aryl methyl sites for hydroxylation is 1. The summed E-state index contributed by atoms with van der Waals surface area (Å²) in [5.74, 6) is 1.32. The van der Waals surface area contributed by atoms with Crippen LogP contribution in [0.5, 0.6) is 11.5 Å². The lowest BCUT2D eigenvalue weighted by atomic mass is 9.85. The molecule has 2 aromatic rings. The van der Waals surface area contributed by atoms with Crippen molar-refractivity contribution >= 4 is 11.8 Å². The SMILES string of the molecule is COc1cccc(C(=O)N2CCCN(C(=O)COc3ccc(C)cc3C(C)(C)C)CC2)c1. The average molecular weight is 439 g/mol. The summed E-state index contributed by atoms with van der Waals surface area (Å²) in [6, 6.07) is 13.2. The van der Waals surface area contributed by atoms with E-state index >= 15 is 0 Å². The Labute approximate surface area is 191 Å². The Balaban J connectivity index is 1.60. The van der Waals surface area contributed by atoms with Gasteiger partial charge >= 0.3 is 0 Å². The first-order valence-corrected chi connectivity index (χ1v) is 11.1. The zero-order chi connectivity index (χ0) is 23.3. The van der Waals surface area contributed by atoms with Crippen molar-refractivity contribution in [2.45, 2.75) is 39.5 Å². The van der Waals surface area contributed by atoms with E-state index in [1.165, 1.54) is 5.56 Å². The van der Waals surface area contributed by atoms with Gasteiger partial charge in [-0.05, 0) is 48.6 Å². The highest BCUT2D eigenvalue weighted by Gasteiger charge is 2.24. The Bertz CT molecular complexity index is 965. The first-order valence-electron chi connectivity index (χ1n) is 11.1. The van der Waals surface area contributed by atoms with Gasteiger partial charge in [0.25, 0.3) is 11.8 Å². The molecule has 1 saturated heterocycles. The second-order valence-electron chi connectivity index (χ2n) is 9.30. The fraction of sp³-hybridized carbons (Fsp3) is 0.462. The van der Waals surface area contributed by atoms with Gasteiger partial charge < -0.3 is 19.3 Å². The van der Waals surface area contributed by atoms with Gasteiger partial charge in [0.1, 0.15) is 11.5 Å². The number of nitrogens with zero attached hydrogens (tertiary/aromatic N) is 2. The van der Waals surface area contributed by atoms with Crippen LogP contribution in [0.3, 0.4) is 0 Å². The predicted molar refractivity (Wildman–Crippen MR) is 125 cm³/mol. The lowest BCUT2D eigenvalue weighted by molar-refractivity contribution is -0.133. The Morgan fingerprint density at radius 1 is 0.969 bits per heavy atom. The van der Waals surface area contributed by atoms with Gasteiger partial charge in [-0.25, -0.2) is 0 Å². The molecule has 2 amide bonds. The first kappa shape index (κ1) is 23.6. The first-order chi connectivity index (χ1) is 15.2. The lowest BCUT2D eigenvalue weighted by Gasteiger charge is -2.25. The minimum absolute atomic E-state index is 0.00400. The Morgan fingerprint density at radius 2 is 1.69 bits per heavy atom. The van der Waals surface area contributed by atoms with E-state index in [0.29, 0.717) is 37.5 Å². The van der Waals surface area contributed by atoms with Gasteiger partial charge in [0.2, 0.25) is 0 Å². The summed E-state index contributed by atoms with van der Waals surface area (Å²) < 4.78 is 11.2. The summed E-state index contributed by atoms with van der Waals surface area (Å²) in [7, 11) is 1.59. The number of hydrogen-bond acceptors (Lipinski definition) is 4. The predicted octanol–water partition coefficient (Wildman–Crippen LogP) is 4.05. The van der Waals surface area contributed by atoms with Crippen LogP contribution in [0.1, 0.15) is 48.7 Å². The summed E-state index contributed by atoms with van der Waals surface area (Å²) >= 11 is 0. The fourth-order valence-electron chi connectivity index (χ4n) is 3.90. The molecule has 0 aromatic heterocycles. The molecule has 0 saturated carbocycles. The van der Waals surface area contributed by atoms with E-state index < -0.39 is 0 Å². The van der Waals surface area contributed by atoms with Crippen LogP contribution in [0.4, 0.5) is 0 Å². The topological polar surface area (TPSA) is 59.1 Å². The highest BCUT2D eigenvalue weighted by molar-refractivity contribution is 5.94. The Hall–Kier alpha value is -3.02. The molecular weight excluding hydrogens is 404 g/mol. The molecule has 0 atom stereocenters. The molecule has 1 fully saturated rings. The summed E-state index contributed by atoms with van der Waals surface area (Å²) in [6.07, 6.45) is 0.735. The molecule has 0 spiro atoms. The van der Waals surface area contributed by atoms with E-state index in [2.05, 4.69) is 33.8 Å². The van der Waals surface area contributed by atoms with Gasteiger partial charge in [-0.3, -0.25) is 9.59 Å². The molecule has 0 aliphatic carbocycles. The van der Waals surface area contributed by atoms with Crippen LogP contribution in [0.2, 0.25) is 0 Å². The van der Waals surface area contributed by atoms with E-state index in [9.17, 15) is 9.59 Å². The lowest BCUT2D eigenvalue weighted by Crippen LogP contribution is -2.39. The zero-order valence-corrected chi connectivity index (χ0v) is 19.8. The minimum atomic E-state index is -0.0754. The van der Waals surface area contributed by atoms with Crippen LogP contribution in [-0.2, 0) is 10.2 Å². The maximum Gasteiger partial charge on any atom is 0.260 e. The molecule has 1 aliphatic heterocycles. The number of hydrogen-bond donors (Lipinski definition) is 0. The largest absolute Gasteiger partial charge is 0.497 e. The van der Waals surface area contributed by atoms with E-state index in [-0.39, 0.29) is 23.8 Å². The maximum atomic E-state index is 12.9. The van der Waals surface area contributed by atoms with Gasteiger partial charge in [-0.1, -0.05) is 44.5 Å². The van der Waals surface area contributed by atoms with Crippen molar-refractivity contribution < 1.29 is 19.1 Å². The van der Waals surface area contributed by atoms with E-state index in [0.717, 1.165) is 17.7 Å². The second-order valence-corrected chi connectivity index (χ2v) is 9.30. The highest BCUT2D eigenvalue weighted by atomic mass is 16.5. The molecule has 0 unspecified atom stereocenters. The van der Waals surface area contributed by atoms with Crippen LogP contribution < -0.4 is 9.47 Å². The number of benzene rings is 2. The molecule has 1 aliphatic rings. The second kappa shape index (κ2) is 10.1. The van der Waals surface area contributed by atoms with Crippen LogP contribution >= 0.6 is 0 Å². The van der Waals surface area contributed by atoms with Crippen LogP contribution in [0, 0.1) is 6.92 Å². The van der Waals surface area contributed by atoms with Crippen molar-refractivity contribution in [3.05, 3.63) is 59.2 Å². The molecule has 172 valence electrons. The standard InChI is InChI=1S/C26H34N2O4/c1-19-10-11-23(22(16-19)26(2,3)4)32-18-24(29)27-12-7-13-28(15-14-27)25(30)20-8-6-9-21(17-20)31-5/h6,8-11,16-17H,7,12-15,18H2,1-5H3. The molecule has 3 rings (SSSR count). The number of methoxy groups -OCH3 is 1. The molecule has 6 heteroatoms. The third-order valence-electron chi connectivity index (χ3n) is 5.75. The number of carbonyl (C=O) groups excluding carboxylic acids is 2. The molecule has 0 bridgehead atoms. The maximum absolute atomic E-state index is 12.9. The summed E-state index contributed by atoms with van der Waals surface area (Å²) in [6.45, 7) is 10.7. The Kier molecular flexibility index (Phi) is 7.44. The third-order valence-corrected chi connectivity index (χ3v) is 5.75. The third kappa shape index (κ3) is 5.81. The van der Waals surface area contributed by atoms with Crippen molar-refractivity contribution in [1.29, 1.82) is 0 Å². The number of amides is 2. The van der Waals surface area contributed by atoms with Gasteiger partial charge in [0, 0.05) is 31.7 Å². The van der Waals surface area contributed by atoms with Gasteiger partial charge in [0.15, 0.2) is 6.61 Å². The molecule has 2 aromatic carbocycles. The van der Waals surface area contributed by atoms with Crippen molar-refractivity contribution in [2.75, 3.05) is 39.9 Å². The smallest absolute Gasteiger partial charge is 0.260 e. The minimum Gasteiger partial charge on any atom is -0.497 e. The fourth-order valence-corrected chi connectivity index (χ4v) is 3.90. The molecule has 0 N–H and O–H groups in total. The van der Waals surface area contributed by atoms with Crippen molar-refractivity contribution in [2.24, 2.45) is 0 Å². The Morgan fingerprint density at radius 3 is 2.41 bits per heavy atom. The van der Waals surface area contributed by atoms with Crippen LogP contribution in [-0.4, -0.2) is 61.5 Å². The number of rotatable bonds is 5. The van der Waals surface area contributed by atoms with Crippen molar-refractivity contribution in [1.82, 2.24) is 9.80 Å². The molecule has 1 heterocycles.